The Labute approximate surface area is 128 Å². The summed E-state index contributed by atoms with van der Waals surface area (Å²) in [5, 5.41) is 0.812. The predicted molar refractivity (Wildman–Crippen MR) is 88.7 cm³/mol. The Hall–Kier alpha value is -0.730. The smallest absolute Gasteiger partial charge is 0.0426 e. The average Bonchev–Trinajstić information content (AvgIpc) is 2.93. The Morgan fingerprint density at radius 3 is 2.70 bits per heavy atom. The average molecular weight is 295 g/mol. The van der Waals surface area contributed by atoms with E-state index in [2.05, 4.69) is 31.0 Å². The minimum Gasteiger partial charge on any atom is -0.374 e. The maximum Gasteiger partial charge on any atom is 0.0426 e. The number of benzene rings is 1. The normalized spacial score (nSPS) is 17.4. The van der Waals surface area contributed by atoms with E-state index in [1.807, 2.05) is 6.07 Å². The van der Waals surface area contributed by atoms with E-state index in [9.17, 15) is 0 Å². The molecule has 1 fully saturated rings. The van der Waals surface area contributed by atoms with Gasteiger partial charge in [0.25, 0.3) is 0 Å². The van der Waals surface area contributed by atoms with E-state index >= 15 is 0 Å². The van der Waals surface area contributed by atoms with Crippen LogP contribution in [0.5, 0.6) is 0 Å². The molecule has 0 aliphatic heterocycles. The topological polar surface area (TPSA) is 29.3 Å². The molecular weight excluding hydrogens is 268 g/mol. The van der Waals surface area contributed by atoms with Crippen LogP contribution in [-0.2, 0) is 6.42 Å². The van der Waals surface area contributed by atoms with Gasteiger partial charge in [-0.2, -0.15) is 0 Å². The Kier molecular flexibility index (Phi) is 5.74. The third-order valence-electron chi connectivity index (χ3n) is 4.47. The number of rotatable bonds is 6. The van der Waals surface area contributed by atoms with Crippen LogP contribution < -0.4 is 10.6 Å². The molecule has 0 radical (unpaired) electrons. The minimum atomic E-state index is 0.231. The van der Waals surface area contributed by atoms with Crippen molar-refractivity contribution in [1.82, 2.24) is 0 Å². The summed E-state index contributed by atoms with van der Waals surface area (Å²) < 4.78 is 0. The van der Waals surface area contributed by atoms with Gasteiger partial charge in [0.1, 0.15) is 0 Å². The van der Waals surface area contributed by atoms with E-state index < -0.39 is 0 Å². The second kappa shape index (κ2) is 7.33. The third kappa shape index (κ3) is 4.13. The molecular formula is C17H27ClN2. The van der Waals surface area contributed by atoms with Crippen LogP contribution in [0.15, 0.2) is 18.2 Å². The number of nitrogens with zero attached hydrogens (tertiary/aromatic N) is 1. The zero-order chi connectivity index (χ0) is 14.5. The van der Waals surface area contributed by atoms with Crippen LogP contribution in [0.1, 0.15) is 44.6 Å². The molecule has 2 nitrogen and oxygen atoms in total. The molecule has 0 heterocycles. The zero-order valence-electron chi connectivity index (χ0n) is 12.7. The maximum atomic E-state index is 6.19. The molecule has 0 saturated heterocycles. The first kappa shape index (κ1) is 15.7. The van der Waals surface area contributed by atoms with Crippen molar-refractivity contribution in [3.63, 3.8) is 0 Å². The third-order valence-corrected chi connectivity index (χ3v) is 4.71. The van der Waals surface area contributed by atoms with Crippen LogP contribution in [0.3, 0.4) is 0 Å². The lowest BCUT2D eigenvalue weighted by molar-refractivity contribution is 0.545. The SMILES string of the molecule is CCC(N)Cc1ccc(Cl)cc1N(C)CC1CCCC1. The molecule has 1 atom stereocenters. The summed E-state index contributed by atoms with van der Waals surface area (Å²) in [7, 11) is 2.19. The van der Waals surface area contributed by atoms with Crippen molar-refractivity contribution in [3.05, 3.63) is 28.8 Å². The molecule has 1 unspecified atom stereocenters. The lowest BCUT2D eigenvalue weighted by Gasteiger charge is -2.26. The number of halogens is 1. The summed E-state index contributed by atoms with van der Waals surface area (Å²) in [5.74, 6) is 0.840. The van der Waals surface area contributed by atoms with Gasteiger partial charge in [-0.15, -0.1) is 0 Å². The maximum absolute atomic E-state index is 6.19. The molecule has 0 bridgehead atoms. The summed E-state index contributed by atoms with van der Waals surface area (Å²) in [6.07, 6.45) is 7.46. The molecule has 1 aromatic carbocycles. The van der Waals surface area contributed by atoms with E-state index in [1.54, 1.807) is 0 Å². The van der Waals surface area contributed by atoms with Crippen LogP contribution in [0.2, 0.25) is 5.02 Å². The van der Waals surface area contributed by atoms with Crippen LogP contribution in [0, 0.1) is 5.92 Å². The Balaban J connectivity index is 2.12. The standard InChI is InChI=1S/C17H27ClN2/c1-3-16(19)10-14-8-9-15(18)11-17(14)20(2)12-13-6-4-5-7-13/h8-9,11,13,16H,3-7,10,12,19H2,1-2H3. The molecule has 0 amide bonds. The van der Waals surface area contributed by atoms with Crippen molar-refractivity contribution in [2.75, 3.05) is 18.5 Å². The molecule has 1 saturated carbocycles. The highest BCUT2D eigenvalue weighted by atomic mass is 35.5. The highest BCUT2D eigenvalue weighted by Crippen LogP contribution is 2.30. The molecule has 20 heavy (non-hydrogen) atoms. The summed E-state index contributed by atoms with van der Waals surface area (Å²) in [6.45, 7) is 3.28. The van der Waals surface area contributed by atoms with Crippen LogP contribution in [0.4, 0.5) is 5.69 Å². The van der Waals surface area contributed by atoms with E-state index in [-0.39, 0.29) is 6.04 Å². The van der Waals surface area contributed by atoms with Gasteiger partial charge in [0.05, 0.1) is 0 Å². The van der Waals surface area contributed by atoms with Crippen molar-refractivity contribution in [1.29, 1.82) is 0 Å². The summed E-state index contributed by atoms with van der Waals surface area (Å²) >= 11 is 6.19. The molecule has 2 N–H and O–H groups in total. The van der Waals surface area contributed by atoms with Gasteiger partial charge in [-0.05, 0) is 49.3 Å². The second-order valence-electron chi connectivity index (χ2n) is 6.18. The van der Waals surface area contributed by atoms with E-state index in [1.165, 1.54) is 36.9 Å². The first-order valence-corrected chi connectivity index (χ1v) is 8.23. The summed E-state index contributed by atoms with van der Waals surface area (Å²) in [5.41, 5.74) is 8.71. The number of hydrogen-bond donors (Lipinski definition) is 1. The van der Waals surface area contributed by atoms with E-state index in [0.29, 0.717) is 0 Å². The van der Waals surface area contributed by atoms with Gasteiger partial charge in [0.2, 0.25) is 0 Å². The number of hydrogen-bond acceptors (Lipinski definition) is 2. The molecule has 1 aromatic rings. The number of nitrogens with two attached hydrogens (primary N) is 1. The van der Waals surface area contributed by atoms with E-state index in [4.69, 9.17) is 17.3 Å². The Bertz CT molecular complexity index is 427. The molecule has 1 aliphatic rings. The largest absolute Gasteiger partial charge is 0.374 e. The molecule has 2 rings (SSSR count). The molecule has 0 aromatic heterocycles. The van der Waals surface area contributed by atoms with Crippen molar-refractivity contribution in [2.24, 2.45) is 11.7 Å². The van der Waals surface area contributed by atoms with Crippen molar-refractivity contribution in [3.8, 4) is 0 Å². The van der Waals surface area contributed by atoms with Crippen molar-refractivity contribution >= 4 is 17.3 Å². The molecule has 1 aliphatic carbocycles. The first-order chi connectivity index (χ1) is 9.60. The van der Waals surface area contributed by atoms with Crippen LogP contribution >= 0.6 is 11.6 Å². The molecule has 3 heteroatoms. The predicted octanol–water partition coefficient (Wildman–Crippen LogP) is 4.25. The Morgan fingerprint density at radius 1 is 1.35 bits per heavy atom. The van der Waals surface area contributed by atoms with Gasteiger partial charge < -0.3 is 10.6 Å². The van der Waals surface area contributed by atoms with Crippen molar-refractivity contribution < 1.29 is 0 Å². The highest BCUT2D eigenvalue weighted by Gasteiger charge is 2.19. The lowest BCUT2D eigenvalue weighted by atomic mass is 10.0. The number of anilines is 1. The van der Waals surface area contributed by atoms with Gasteiger partial charge in [0, 0.05) is 30.3 Å². The van der Waals surface area contributed by atoms with Crippen LogP contribution in [0.25, 0.3) is 0 Å². The fraction of sp³-hybridized carbons (Fsp3) is 0.647. The van der Waals surface area contributed by atoms with Crippen LogP contribution in [-0.4, -0.2) is 19.6 Å². The van der Waals surface area contributed by atoms with Gasteiger partial charge >= 0.3 is 0 Å². The van der Waals surface area contributed by atoms with Gasteiger partial charge in [-0.3, -0.25) is 0 Å². The minimum absolute atomic E-state index is 0.231. The fourth-order valence-electron chi connectivity index (χ4n) is 3.17. The molecule has 0 spiro atoms. The monoisotopic (exact) mass is 294 g/mol. The quantitative estimate of drug-likeness (QED) is 0.850. The summed E-state index contributed by atoms with van der Waals surface area (Å²) in [4.78, 5) is 2.37. The van der Waals surface area contributed by atoms with E-state index in [0.717, 1.165) is 30.3 Å². The lowest BCUT2D eigenvalue weighted by Crippen LogP contribution is -2.27. The summed E-state index contributed by atoms with van der Waals surface area (Å²) in [6, 6.07) is 6.44. The molecule has 112 valence electrons. The zero-order valence-corrected chi connectivity index (χ0v) is 13.5. The van der Waals surface area contributed by atoms with Gasteiger partial charge in [-0.25, -0.2) is 0 Å². The first-order valence-electron chi connectivity index (χ1n) is 7.85. The van der Waals surface area contributed by atoms with Gasteiger partial charge in [0.15, 0.2) is 0 Å². The fourth-order valence-corrected chi connectivity index (χ4v) is 3.34. The van der Waals surface area contributed by atoms with Gasteiger partial charge in [-0.1, -0.05) is 37.4 Å². The highest BCUT2D eigenvalue weighted by molar-refractivity contribution is 6.30. The second-order valence-corrected chi connectivity index (χ2v) is 6.61. The van der Waals surface area contributed by atoms with Crippen molar-refractivity contribution in [2.45, 2.75) is 51.5 Å². The Morgan fingerprint density at radius 2 is 2.05 bits per heavy atom.